The second-order valence-electron chi connectivity index (χ2n) is 5.29. The molecule has 1 aromatic carbocycles. The minimum Gasteiger partial charge on any atom is -0.356 e. The Bertz CT molecular complexity index is 511. The molecule has 1 heterocycles. The van der Waals surface area contributed by atoms with Gasteiger partial charge >= 0.3 is 0 Å². The summed E-state index contributed by atoms with van der Waals surface area (Å²) in [6.07, 6.45) is 0. The monoisotopic (exact) mass is 356 g/mol. The highest BCUT2D eigenvalue weighted by atomic mass is 127. The number of rotatable bonds is 3. The molecule has 2 rings (SSSR count). The summed E-state index contributed by atoms with van der Waals surface area (Å²) in [6, 6.07) is 10.2. The van der Waals surface area contributed by atoms with Gasteiger partial charge in [-0.15, -0.1) is 0 Å². The van der Waals surface area contributed by atoms with Crippen LogP contribution in [-0.4, -0.2) is 10.7 Å². The molecule has 0 saturated heterocycles. The van der Waals surface area contributed by atoms with Gasteiger partial charge in [-0.05, 0) is 55.5 Å². The summed E-state index contributed by atoms with van der Waals surface area (Å²) in [6.45, 7) is 7.12. The number of hydrogen-bond acceptors (Lipinski definition) is 3. The van der Waals surface area contributed by atoms with Gasteiger partial charge in [0.15, 0.2) is 5.76 Å². The minimum absolute atomic E-state index is 0.0853. The van der Waals surface area contributed by atoms with Crippen molar-refractivity contribution in [2.45, 2.75) is 32.9 Å². The van der Waals surface area contributed by atoms with Gasteiger partial charge < -0.3 is 9.84 Å². The van der Waals surface area contributed by atoms with E-state index < -0.39 is 0 Å². The van der Waals surface area contributed by atoms with Crippen molar-refractivity contribution in [3.8, 4) is 11.3 Å². The first-order valence-electron chi connectivity index (χ1n) is 5.91. The smallest absolute Gasteiger partial charge is 0.167 e. The standard InChI is InChI=1S/C14H17IN2O/c1-14(2,3)16-9-12-8-13(18-17-12)10-4-6-11(15)7-5-10/h4-8,16H,9H2,1-3H3. The van der Waals surface area contributed by atoms with E-state index in [9.17, 15) is 0 Å². The van der Waals surface area contributed by atoms with Crippen LogP contribution in [0.1, 0.15) is 26.5 Å². The summed E-state index contributed by atoms with van der Waals surface area (Å²) < 4.78 is 6.58. The van der Waals surface area contributed by atoms with E-state index in [0.717, 1.165) is 23.6 Å². The lowest BCUT2D eigenvalue weighted by atomic mass is 10.1. The van der Waals surface area contributed by atoms with Crippen molar-refractivity contribution in [3.63, 3.8) is 0 Å². The molecule has 0 atom stereocenters. The Morgan fingerprint density at radius 1 is 1.22 bits per heavy atom. The van der Waals surface area contributed by atoms with Crippen molar-refractivity contribution in [1.29, 1.82) is 0 Å². The first-order valence-corrected chi connectivity index (χ1v) is 6.98. The van der Waals surface area contributed by atoms with Crippen molar-refractivity contribution in [3.05, 3.63) is 39.6 Å². The van der Waals surface area contributed by atoms with Crippen molar-refractivity contribution < 1.29 is 4.52 Å². The Kier molecular flexibility index (Phi) is 4.07. The second kappa shape index (κ2) is 5.40. The van der Waals surface area contributed by atoms with E-state index in [0.29, 0.717) is 0 Å². The molecule has 0 radical (unpaired) electrons. The van der Waals surface area contributed by atoms with Crippen LogP contribution in [0.3, 0.4) is 0 Å². The summed E-state index contributed by atoms with van der Waals surface area (Å²) in [7, 11) is 0. The zero-order chi connectivity index (χ0) is 13.2. The SMILES string of the molecule is CC(C)(C)NCc1cc(-c2ccc(I)cc2)on1. The lowest BCUT2D eigenvalue weighted by Gasteiger charge is -2.19. The normalized spacial score (nSPS) is 11.8. The highest BCUT2D eigenvalue weighted by molar-refractivity contribution is 14.1. The molecule has 0 unspecified atom stereocenters. The van der Waals surface area contributed by atoms with E-state index in [2.05, 4.69) is 66.0 Å². The summed E-state index contributed by atoms with van der Waals surface area (Å²) in [4.78, 5) is 0. The lowest BCUT2D eigenvalue weighted by Crippen LogP contribution is -2.35. The van der Waals surface area contributed by atoms with Crippen LogP contribution in [0.4, 0.5) is 0 Å². The highest BCUT2D eigenvalue weighted by Crippen LogP contribution is 2.21. The van der Waals surface area contributed by atoms with Gasteiger partial charge in [-0.3, -0.25) is 0 Å². The highest BCUT2D eigenvalue weighted by Gasteiger charge is 2.11. The number of hydrogen-bond donors (Lipinski definition) is 1. The molecule has 0 amide bonds. The fourth-order valence-electron chi connectivity index (χ4n) is 1.50. The van der Waals surface area contributed by atoms with Crippen LogP contribution < -0.4 is 5.32 Å². The quantitative estimate of drug-likeness (QED) is 0.850. The number of nitrogens with one attached hydrogen (secondary N) is 1. The largest absolute Gasteiger partial charge is 0.356 e. The van der Waals surface area contributed by atoms with Gasteiger partial charge in [0.25, 0.3) is 0 Å². The van der Waals surface area contributed by atoms with Gasteiger partial charge in [0, 0.05) is 27.3 Å². The topological polar surface area (TPSA) is 38.1 Å². The molecule has 0 saturated carbocycles. The molecule has 0 aliphatic heterocycles. The molecule has 0 bridgehead atoms. The second-order valence-corrected chi connectivity index (χ2v) is 6.54. The van der Waals surface area contributed by atoms with Gasteiger partial charge in [-0.25, -0.2) is 0 Å². The molecule has 96 valence electrons. The van der Waals surface area contributed by atoms with Gasteiger partial charge in [0.05, 0.1) is 5.69 Å². The maximum absolute atomic E-state index is 5.36. The Hall–Kier alpha value is -0.880. The zero-order valence-electron chi connectivity index (χ0n) is 10.8. The minimum atomic E-state index is 0.0853. The van der Waals surface area contributed by atoms with E-state index in [1.165, 1.54) is 3.57 Å². The van der Waals surface area contributed by atoms with Crippen molar-refractivity contribution in [2.24, 2.45) is 0 Å². The Balaban J connectivity index is 2.08. The molecule has 4 heteroatoms. The maximum atomic E-state index is 5.36. The average Bonchev–Trinajstić information content (AvgIpc) is 2.75. The van der Waals surface area contributed by atoms with Crippen LogP contribution in [0, 0.1) is 3.57 Å². The third-order valence-electron chi connectivity index (χ3n) is 2.49. The van der Waals surface area contributed by atoms with Crippen LogP contribution in [0.15, 0.2) is 34.9 Å². The van der Waals surface area contributed by atoms with Crippen LogP contribution in [0.2, 0.25) is 0 Å². The Labute approximate surface area is 121 Å². The molecule has 0 fully saturated rings. The molecular formula is C14H17IN2O. The molecule has 2 aromatic rings. The van der Waals surface area contributed by atoms with E-state index in [4.69, 9.17) is 4.52 Å². The van der Waals surface area contributed by atoms with Gasteiger partial charge in [-0.1, -0.05) is 17.3 Å². The third kappa shape index (κ3) is 3.81. The van der Waals surface area contributed by atoms with Crippen molar-refractivity contribution in [2.75, 3.05) is 0 Å². The van der Waals surface area contributed by atoms with E-state index >= 15 is 0 Å². The first kappa shape index (κ1) is 13.5. The molecule has 18 heavy (non-hydrogen) atoms. The molecular weight excluding hydrogens is 339 g/mol. The van der Waals surface area contributed by atoms with E-state index in [1.54, 1.807) is 0 Å². The predicted octanol–water partition coefficient (Wildman–Crippen LogP) is 3.83. The fraction of sp³-hybridized carbons (Fsp3) is 0.357. The molecule has 1 N–H and O–H groups in total. The number of halogens is 1. The molecule has 0 spiro atoms. The number of nitrogens with zero attached hydrogens (tertiary/aromatic N) is 1. The molecule has 3 nitrogen and oxygen atoms in total. The van der Waals surface area contributed by atoms with Gasteiger partial charge in [0.1, 0.15) is 0 Å². The number of benzene rings is 1. The van der Waals surface area contributed by atoms with Gasteiger partial charge in [-0.2, -0.15) is 0 Å². The van der Waals surface area contributed by atoms with Crippen molar-refractivity contribution >= 4 is 22.6 Å². The van der Waals surface area contributed by atoms with Crippen LogP contribution in [0.5, 0.6) is 0 Å². The zero-order valence-corrected chi connectivity index (χ0v) is 13.0. The first-order chi connectivity index (χ1) is 8.44. The molecule has 1 aromatic heterocycles. The summed E-state index contributed by atoms with van der Waals surface area (Å²) in [5.74, 6) is 0.817. The maximum Gasteiger partial charge on any atom is 0.167 e. The fourth-order valence-corrected chi connectivity index (χ4v) is 1.86. The van der Waals surface area contributed by atoms with E-state index in [1.807, 2.05) is 18.2 Å². The lowest BCUT2D eigenvalue weighted by molar-refractivity contribution is 0.392. The number of aromatic nitrogens is 1. The van der Waals surface area contributed by atoms with Crippen LogP contribution in [0.25, 0.3) is 11.3 Å². The summed E-state index contributed by atoms with van der Waals surface area (Å²) in [5, 5.41) is 7.47. The van der Waals surface area contributed by atoms with Gasteiger partial charge in [0.2, 0.25) is 0 Å². The summed E-state index contributed by atoms with van der Waals surface area (Å²) >= 11 is 2.29. The third-order valence-corrected chi connectivity index (χ3v) is 3.21. The Morgan fingerprint density at radius 2 is 1.89 bits per heavy atom. The van der Waals surface area contributed by atoms with Crippen LogP contribution >= 0.6 is 22.6 Å². The molecule has 0 aliphatic rings. The predicted molar refractivity (Wildman–Crippen MR) is 81.2 cm³/mol. The molecule has 0 aliphatic carbocycles. The average molecular weight is 356 g/mol. The van der Waals surface area contributed by atoms with E-state index in [-0.39, 0.29) is 5.54 Å². The van der Waals surface area contributed by atoms with Crippen molar-refractivity contribution in [1.82, 2.24) is 10.5 Å². The Morgan fingerprint density at radius 3 is 2.50 bits per heavy atom. The summed E-state index contributed by atoms with van der Waals surface area (Å²) in [5.41, 5.74) is 2.07. The van der Waals surface area contributed by atoms with Crippen LogP contribution in [-0.2, 0) is 6.54 Å².